The van der Waals surface area contributed by atoms with Crippen LogP contribution >= 0.6 is 37.2 Å². The molecule has 9 heteroatoms. The van der Waals surface area contributed by atoms with Crippen LogP contribution in [0, 0.1) is 0 Å². The standard InChI is InChI=1S/C30H44N4O2.3ClH/c35-29-26-16-10-12-24-13-11-17-27(28(24)26)30(36)34(29)23-9-8-21-32-19-5-4-18-31-20-6-7-22-33-25-14-2-1-3-15-25;;;/h10-13,16-17,25,31-33H,1-9,14-15,18-23H2;3*1H. The van der Waals surface area contributed by atoms with Crippen LogP contribution in [0.25, 0.3) is 10.8 Å². The van der Waals surface area contributed by atoms with Crippen molar-refractivity contribution in [3.05, 3.63) is 47.5 Å². The molecule has 220 valence electrons. The average molecular weight is 602 g/mol. The molecule has 0 saturated heterocycles. The van der Waals surface area contributed by atoms with Gasteiger partial charge in [0, 0.05) is 29.1 Å². The maximum Gasteiger partial charge on any atom is 0.261 e. The molecule has 0 bridgehead atoms. The van der Waals surface area contributed by atoms with Crippen LogP contribution in [0.4, 0.5) is 0 Å². The molecule has 0 unspecified atom stereocenters. The number of benzene rings is 2. The molecule has 0 spiro atoms. The number of hydrogen-bond acceptors (Lipinski definition) is 5. The summed E-state index contributed by atoms with van der Waals surface area (Å²) in [5, 5.41) is 12.5. The monoisotopic (exact) mass is 600 g/mol. The van der Waals surface area contributed by atoms with Gasteiger partial charge in [0.15, 0.2) is 0 Å². The van der Waals surface area contributed by atoms with Crippen LogP contribution in [-0.2, 0) is 0 Å². The molecule has 2 amide bonds. The summed E-state index contributed by atoms with van der Waals surface area (Å²) in [6.07, 6.45) is 13.6. The van der Waals surface area contributed by atoms with Gasteiger partial charge in [-0.05, 0) is 102 Å². The lowest BCUT2D eigenvalue weighted by atomic mass is 9.94. The Labute approximate surface area is 253 Å². The van der Waals surface area contributed by atoms with E-state index in [1.165, 1.54) is 69.2 Å². The van der Waals surface area contributed by atoms with Gasteiger partial charge in [0.05, 0.1) is 0 Å². The van der Waals surface area contributed by atoms with Crippen molar-refractivity contribution in [1.82, 2.24) is 20.9 Å². The molecule has 0 radical (unpaired) electrons. The van der Waals surface area contributed by atoms with E-state index in [1.807, 2.05) is 36.4 Å². The Bertz CT molecular complexity index is 951. The average Bonchev–Trinajstić information content (AvgIpc) is 2.91. The third kappa shape index (κ3) is 10.5. The lowest BCUT2D eigenvalue weighted by Crippen LogP contribution is -2.41. The number of amides is 2. The molecule has 1 fully saturated rings. The fraction of sp³-hybridized carbons (Fsp3) is 0.600. The molecular weight excluding hydrogens is 555 g/mol. The van der Waals surface area contributed by atoms with Crippen molar-refractivity contribution >= 4 is 59.8 Å². The first kappa shape index (κ1) is 35.6. The molecule has 2 aromatic rings. The third-order valence-electron chi connectivity index (χ3n) is 7.62. The highest BCUT2D eigenvalue weighted by atomic mass is 35.5. The van der Waals surface area contributed by atoms with Crippen molar-refractivity contribution in [2.45, 2.75) is 76.7 Å². The van der Waals surface area contributed by atoms with E-state index in [0.29, 0.717) is 17.7 Å². The molecule has 2 aliphatic rings. The van der Waals surface area contributed by atoms with Crippen LogP contribution in [0.3, 0.4) is 0 Å². The molecule has 2 aromatic carbocycles. The minimum Gasteiger partial charge on any atom is -0.317 e. The van der Waals surface area contributed by atoms with Gasteiger partial charge in [0.25, 0.3) is 11.8 Å². The second-order valence-corrected chi connectivity index (χ2v) is 10.4. The van der Waals surface area contributed by atoms with E-state index in [-0.39, 0.29) is 49.0 Å². The molecular formula is C30H47Cl3N4O2. The highest BCUT2D eigenvalue weighted by molar-refractivity contribution is 6.25. The van der Waals surface area contributed by atoms with E-state index < -0.39 is 0 Å². The number of unbranched alkanes of at least 4 members (excludes halogenated alkanes) is 3. The largest absolute Gasteiger partial charge is 0.317 e. The maximum atomic E-state index is 12.9. The zero-order valence-corrected chi connectivity index (χ0v) is 25.5. The summed E-state index contributed by atoms with van der Waals surface area (Å²) < 4.78 is 0. The number of halogens is 3. The van der Waals surface area contributed by atoms with E-state index in [4.69, 9.17) is 0 Å². The smallest absolute Gasteiger partial charge is 0.261 e. The van der Waals surface area contributed by atoms with Crippen LogP contribution < -0.4 is 16.0 Å². The molecule has 39 heavy (non-hydrogen) atoms. The van der Waals surface area contributed by atoms with Gasteiger partial charge in [0.1, 0.15) is 0 Å². The van der Waals surface area contributed by atoms with Gasteiger partial charge in [-0.1, -0.05) is 43.5 Å². The topological polar surface area (TPSA) is 73.5 Å². The highest BCUT2D eigenvalue weighted by Gasteiger charge is 2.31. The molecule has 1 aliphatic carbocycles. The van der Waals surface area contributed by atoms with E-state index in [2.05, 4.69) is 16.0 Å². The first-order valence-corrected chi connectivity index (χ1v) is 14.3. The lowest BCUT2D eigenvalue weighted by Gasteiger charge is -2.27. The van der Waals surface area contributed by atoms with E-state index in [9.17, 15) is 9.59 Å². The Morgan fingerprint density at radius 2 is 1.13 bits per heavy atom. The molecule has 0 aromatic heterocycles. The second-order valence-electron chi connectivity index (χ2n) is 10.4. The Hall–Kier alpha value is -1.41. The van der Waals surface area contributed by atoms with Gasteiger partial charge in [-0.25, -0.2) is 0 Å². The van der Waals surface area contributed by atoms with Gasteiger partial charge in [-0.15, -0.1) is 37.2 Å². The molecule has 1 aliphatic heterocycles. The third-order valence-corrected chi connectivity index (χ3v) is 7.62. The van der Waals surface area contributed by atoms with Gasteiger partial charge in [-0.3, -0.25) is 14.5 Å². The Morgan fingerprint density at radius 1 is 0.641 bits per heavy atom. The number of carbonyl (C=O) groups is 2. The van der Waals surface area contributed by atoms with Crippen molar-refractivity contribution in [3.8, 4) is 0 Å². The Balaban J connectivity index is 0.00000253. The molecule has 1 heterocycles. The Kier molecular flexibility index (Phi) is 17.9. The van der Waals surface area contributed by atoms with E-state index in [0.717, 1.165) is 55.8 Å². The number of imide groups is 1. The number of carbonyl (C=O) groups excluding carboxylic acids is 2. The summed E-state index contributed by atoms with van der Waals surface area (Å²) in [5.74, 6) is -0.324. The minimum atomic E-state index is -0.162. The number of hydrogen-bond donors (Lipinski definition) is 3. The van der Waals surface area contributed by atoms with Gasteiger partial charge >= 0.3 is 0 Å². The zero-order chi connectivity index (χ0) is 25.0. The summed E-state index contributed by atoms with van der Waals surface area (Å²) in [7, 11) is 0. The van der Waals surface area contributed by atoms with Gasteiger partial charge in [0.2, 0.25) is 0 Å². The summed E-state index contributed by atoms with van der Waals surface area (Å²) in [4.78, 5) is 27.3. The fourth-order valence-electron chi connectivity index (χ4n) is 5.54. The van der Waals surface area contributed by atoms with Gasteiger partial charge in [-0.2, -0.15) is 0 Å². The minimum absolute atomic E-state index is 0. The molecule has 4 rings (SSSR count). The van der Waals surface area contributed by atoms with Crippen molar-refractivity contribution in [1.29, 1.82) is 0 Å². The number of nitrogens with zero attached hydrogens (tertiary/aromatic N) is 1. The van der Waals surface area contributed by atoms with Gasteiger partial charge < -0.3 is 16.0 Å². The van der Waals surface area contributed by atoms with Crippen molar-refractivity contribution in [2.75, 3.05) is 39.3 Å². The SMILES string of the molecule is Cl.Cl.Cl.O=C1c2cccc3cccc(c23)C(=O)N1CCCCNCCCCNCCCCNC1CCCCC1. The summed E-state index contributed by atoms with van der Waals surface area (Å²) >= 11 is 0. The second kappa shape index (κ2) is 19.6. The van der Waals surface area contributed by atoms with Crippen LogP contribution in [0.2, 0.25) is 0 Å². The van der Waals surface area contributed by atoms with Crippen molar-refractivity contribution in [3.63, 3.8) is 0 Å². The van der Waals surface area contributed by atoms with Crippen LogP contribution in [0.15, 0.2) is 36.4 Å². The van der Waals surface area contributed by atoms with Crippen LogP contribution in [0.1, 0.15) is 91.3 Å². The quantitative estimate of drug-likeness (QED) is 0.159. The van der Waals surface area contributed by atoms with Crippen LogP contribution in [-0.4, -0.2) is 62.0 Å². The maximum absolute atomic E-state index is 12.9. The van der Waals surface area contributed by atoms with E-state index >= 15 is 0 Å². The highest BCUT2D eigenvalue weighted by Crippen LogP contribution is 2.30. The summed E-state index contributed by atoms with van der Waals surface area (Å²) in [5.41, 5.74) is 1.29. The van der Waals surface area contributed by atoms with Crippen molar-refractivity contribution in [2.24, 2.45) is 0 Å². The first-order valence-electron chi connectivity index (χ1n) is 14.3. The summed E-state index contributed by atoms with van der Waals surface area (Å²) in [6, 6.07) is 12.1. The predicted molar refractivity (Wildman–Crippen MR) is 169 cm³/mol. The molecule has 0 atom stereocenters. The molecule has 6 nitrogen and oxygen atoms in total. The van der Waals surface area contributed by atoms with Crippen LogP contribution in [0.5, 0.6) is 0 Å². The lowest BCUT2D eigenvalue weighted by molar-refractivity contribution is 0.0608. The number of rotatable bonds is 16. The normalized spacial score (nSPS) is 15.0. The predicted octanol–water partition coefficient (Wildman–Crippen LogP) is 6.14. The molecule has 3 N–H and O–H groups in total. The van der Waals surface area contributed by atoms with E-state index in [1.54, 1.807) is 0 Å². The Morgan fingerprint density at radius 3 is 1.67 bits per heavy atom. The number of nitrogens with one attached hydrogen (secondary N) is 3. The fourth-order valence-corrected chi connectivity index (χ4v) is 5.54. The first-order chi connectivity index (χ1) is 17.8. The molecule has 1 saturated carbocycles. The zero-order valence-electron chi connectivity index (χ0n) is 23.1. The van der Waals surface area contributed by atoms with Crippen molar-refractivity contribution < 1.29 is 9.59 Å². The summed E-state index contributed by atoms with van der Waals surface area (Å²) in [6.45, 7) is 5.79.